The smallest absolute Gasteiger partial charge is 0.309 e. The highest BCUT2D eigenvalue weighted by Crippen LogP contribution is 2.22. The standard InChI is InChI=1S/C19H26N2O6/c1-4-27-19(24)13-5-7-21(8-6-13)17(22)12-20-18(23)14-9-15(25-2)11-16(10-14)26-3/h9-11,13H,4-8,12H2,1-3H3,(H,20,23). The predicted octanol–water partition coefficient (Wildman–Crippen LogP) is 1.24. The van der Waals surface area contributed by atoms with Crippen molar-refractivity contribution in [1.29, 1.82) is 0 Å². The van der Waals surface area contributed by atoms with Crippen LogP contribution in [0.1, 0.15) is 30.1 Å². The van der Waals surface area contributed by atoms with Gasteiger partial charge >= 0.3 is 5.97 Å². The molecule has 0 aliphatic carbocycles. The number of methoxy groups -OCH3 is 2. The lowest BCUT2D eigenvalue weighted by atomic mass is 9.97. The van der Waals surface area contributed by atoms with E-state index in [0.29, 0.717) is 49.6 Å². The van der Waals surface area contributed by atoms with Gasteiger partial charge in [0.2, 0.25) is 5.91 Å². The highest BCUT2D eigenvalue weighted by Gasteiger charge is 2.28. The van der Waals surface area contributed by atoms with Crippen LogP contribution in [0.3, 0.4) is 0 Å². The zero-order valence-corrected chi connectivity index (χ0v) is 15.9. The number of rotatable bonds is 7. The molecular weight excluding hydrogens is 352 g/mol. The van der Waals surface area contributed by atoms with Crippen molar-refractivity contribution in [3.63, 3.8) is 0 Å². The maximum absolute atomic E-state index is 12.3. The Morgan fingerprint density at radius 2 is 1.67 bits per heavy atom. The number of nitrogens with one attached hydrogen (secondary N) is 1. The van der Waals surface area contributed by atoms with Gasteiger partial charge in [0, 0.05) is 24.7 Å². The summed E-state index contributed by atoms with van der Waals surface area (Å²) in [4.78, 5) is 38.1. The molecule has 0 saturated carbocycles. The summed E-state index contributed by atoms with van der Waals surface area (Å²) in [5, 5.41) is 2.62. The van der Waals surface area contributed by atoms with Crippen molar-refractivity contribution in [1.82, 2.24) is 10.2 Å². The normalized spacial score (nSPS) is 14.4. The molecule has 0 atom stereocenters. The van der Waals surface area contributed by atoms with Crippen LogP contribution in [0, 0.1) is 5.92 Å². The average molecular weight is 378 g/mol. The van der Waals surface area contributed by atoms with Gasteiger partial charge in [-0.2, -0.15) is 0 Å². The van der Waals surface area contributed by atoms with Gasteiger partial charge in [-0.15, -0.1) is 0 Å². The molecule has 2 amide bonds. The van der Waals surface area contributed by atoms with Gasteiger partial charge in [-0.25, -0.2) is 0 Å². The number of benzene rings is 1. The second-order valence-electron chi connectivity index (χ2n) is 6.19. The van der Waals surface area contributed by atoms with Gasteiger partial charge in [-0.3, -0.25) is 14.4 Å². The van der Waals surface area contributed by atoms with Crippen LogP contribution in [0.2, 0.25) is 0 Å². The van der Waals surface area contributed by atoms with E-state index in [1.165, 1.54) is 14.2 Å². The number of carbonyl (C=O) groups is 3. The minimum Gasteiger partial charge on any atom is -0.497 e. The van der Waals surface area contributed by atoms with Crippen molar-refractivity contribution < 1.29 is 28.6 Å². The van der Waals surface area contributed by atoms with Crippen LogP contribution >= 0.6 is 0 Å². The maximum Gasteiger partial charge on any atom is 0.309 e. The average Bonchev–Trinajstić information content (AvgIpc) is 2.71. The molecule has 1 aromatic carbocycles. The first-order valence-electron chi connectivity index (χ1n) is 8.94. The maximum atomic E-state index is 12.3. The van der Waals surface area contributed by atoms with Crippen LogP contribution in [0.15, 0.2) is 18.2 Å². The zero-order valence-electron chi connectivity index (χ0n) is 15.9. The van der Waals surface area contributed by atoms with Gasteiger partial charge in [-0.05, 0) is 31.9 Å². The third-order valence-electron chi connectivity index (χ3n) is 4.48. The van der Waals surface area contributed by atoms with Crippen molar-refractivity contribution in [2.24, 2.45) is 5.92 Å². The number of amides is 2. The highest BCUT2D eigenvalue weighted by atomic mass is 16.5. The van der Waals surface area contributed by atoms with E-state index in [-0.39, 0.29) is 30.2 Å². The van der Waals surface area contributed by atoms with Crippen molar-refractivity contribution in [3.05, 3.63) is 23.8 Å². The second-order valence-corrected chi connectivity index (χ2v) is 6.19. The van der Waals surface area contributed by atoms with E-state index in [2.05, 4.69) is 5.32 Å². The Hall–Kier alpha value is -2.77. The molecule has 0 spiro atoms. The van der Waals surface area contributed by atoms with E-state index < -0.39 is 0 Å². The van der Waals surface area contributed by atoms with E-state index in [0.717, 1.165) is 0 Å². The Morgan fingerprint density at radius 3 is 2.19 bits per heavy atom. The number of ether oxygens (including phenoxy) is 3. The first-order chi connectivity index (χ1) is 13.0. The first-order valence-corrected chi connectivity index (χ1v) is 8.94. The molecular formula is C19H26N2O6. The number of hydrogen-bond acceptors (Lipinski definition) is 6. The topological polar surface area (TPSA) is 94.2 Å². The van der Waals surface area contributed by atoms with Crippen LogP contribution in [0.4, 0.5) is 0 Å². The number of hydrogen-bond donors (Lipinski definition) is 1. The molecule has 0 unspecified atom stereocenters. The predicted molar refractivity (Wildman–Crippen MR) is 97.8 cm³/mol. The Balaban J connectivity index is 1.85. The summed E-state index contributed by atoms with van der Waals surface area (Å²) in [5.74, 6) is 0.0546. The van der Waals surface area contributed by atoms with Crippen molar-refractivity contribution in [3.8, 4) is 11.5 Å². The van der Waals surface area contributed by atoms with Gasteiger partial charge in [0.1, 0.15) is 11.5 Å². The molecule has 1 heterocycles. The number of esters is 1. The van der Waals surface area contributed by atoms with Crippen LogP contribution < -0.4 is 14.8 Å². The summed E-state index contributed by atoms with van der Waals surface area (Å²) >= 11 is 0. The monoisotopic (exact) mass is 378 g/mol. The SMILES string of the molecule is CCOC(=O)C1CCN(C(=O)CNC(=O)c2cc(OC)cc(OC)c2)CC1. The van der Waals surface area contributed by atoms with Crippen molar-refractivity contribution >= 4 is 17.8 Å². The fraction of sp³-hybridized carbons (Fsp3) is 0.526. The van der Waals surface area contributed by atoms with E-state index in [4.69, 9.17) is 14.2 Å². The van der Waals surface area contributed by atoms with Gasteiger partial charge < -0.3 is 24.4 Å². The fourth-order valence-electron chi connectivity index (χ4n) is 2.93. The van der Waals surface area contributed by atoms with Crippen molar-refractivity contribution in [2.75, 3.05) is 40.5 Å². The number of carbonyl (C=O) groups excluding carboxylic acids is 3. The molecule has 0 bridgehead atoms. The third kappa shape index (κ3) is 5.60. The van der Waals surface area contributed by atoms with Gasteiger partial charge in [0.05, 0.1) is 33.3 Å². The Labute approximate surface area is 158 Å². The van der Waals surface area contributed by atoms with E-state index >= 15 is 0 Å². The summed E-state index contributed by atoms with van der Waals surface area (Å²) in [7, 11) is 3.00. The Kier molecular flexibility index (Phi) is 7.45. The van der Waals surface area contributed by atoms with Crippen LogP contribution in [0.25, 0.3) is 0 Å². The Bertz CT molecular complexity index is 661. The lowest BCUT2D eigenvalue weighted by Crippen LogP contribution is -2.45. The van der Waals surface area contributed by atoms with Gasteiger partial charge in [0.15, 0.2) is 0 Å². The lowest BCUT2D eigenvalue weighted by Gasteiger charge is -2.31. The molecule has 1 aliphatic rings. The molecule has 0 radical (unpaired) electrons. The molecule has 1 aliphatic heterocycles. The van der Waals surface area contributed by atoms with E-state index in [9.17, 15) is 14.4 Å². The summed E-state index contributed by atoms with van der Waals surface area (Å²) in [6, 6.07) is 4.82. The quantitative estimate of drug-likeness (QED) is 0.718. The largest absolute Gasteiger partial charge is 0.497 e. The molecule has 8 heteroatoms. The summed E-state index contributed by atoms with van der Waals surface area (Å²) in [5.41, 5.74) is 0.347. The van der Waals surface area contributed by atoms with Crippen LogP contribution in [-0.2, 0) is 14.3 Å². The van der Waals surface area contributed by atoms with Crippen LogP contribution in [0.5, 0.6) is 11.5 Å². The third-order valence-corrected chi connectivity index (χ3v) is 4.48. The molecule has 1 aromatic rings. The summed E-state index contributed by atoms with van der Waals surface area (Å²) < 4.78 is 15.3. The van der Waals surface area contributed by atoms with E-state index in [1.54, 1.807) is 30.0 Å². The first kappa shape index (κ1) is 20.5. The van der Waals surface area contributed by atoms with Crippen LogP contribution in [-0.4, -0.2) is 63.1 Å². The second kappa shape index (κ2) is 9.80. The summed E-state index contributed by atoms with van der Waals surface area (Å²) in [6.07, 6.45) is 1.15. The number of nitrogens with zero attached hydrogens (tertiary/aromatic N) is 1. The Morgan fingerprint density at radius 1 is 1.07 bits per heavy atom. The zero-order chi connectivity index (χ0) is 19.8. The molecule has 1 fully saturated rings. The van der Waals surface area contributed by atoms with Gasteiger partial charge in [0.25, 0.3) is 5.91 Å². The minimum absolute atomic E-state index is 0.109. The fourth-order valence-corrected chi connectivity index (χ4v) is 2.93. The van der Waals surface area contributed by atoms with Crippen molar-refractivity contribution in [2.45, 2.75) is 19.8 Å². The number of piperidine rings is 1. The van der Waals surface area contributed by atoms with Gasteiger partial charge in [-0.1, -0.05) is 0 Å². The molecule has 2 rings (SSSR count). The molecule has 8 nitrogen and oxygen atoms in total. The lowest BCUT2D eigenvalue weighted by molar-refractivity contribution is -0.151. The molecule has 0 aromatic heterocycles. The molecule has 27 heavy (non-hydrogen) atoms. The molecule has 1 N–H and O–H groups in total. The number of likely N-dealkylation sites (tertiary alicyclic amines) is 1. The summed E-state index contributed by atoms with van der Waals surface area (Å²) in [6.45, 7) is 2.98. The highest BCUT2D eigenvalue weighted by molar-refractivity contribution is 5.97. The molecule has 148 valence electrons. The molecule has 1 saturated heterocycles. The minimum atomic E-state index is -0.387. The van der Waals surface area contributed by atoms with E-state index in [1.807, 2.05) is 0 Å².